The third kappa shape index (κ3) is 4.13. The minimum Gasteiger partial charge on any atom is -0.326 e. The van der Waals surface area contributed by atoms with E-state index in [0.717, 1.165) is 16.1 Å². The summed E-state index contributed by atoms with van der Waals surface area (Å²) in [5.41, 5.74) is 1.95. The fourth-order valence-electron chi connectivity index (χ4n) is 1.73. The molecule has 1 aromatic carbocycles. The molecule has 1 N–H and O–H groups in total. The number of carbonyl (C=O) groups excluding carboxylic acids is 1. The van der Waals surface area contributed by atoms with Gasteiger partial charge in [0.15, 0.2) is 0 Å². The fraction of sp³-hybridized carbons (Fsp3) is 0.286. The minimum absolute atomic E-state index is 0.00593. The number of aryl methyl sites for hydroxylation is 2. The highest BCUT2D eigenvalue weighted by molar-refractivity contribution is 7.98. The van der Waals surface area contributed by atoms with Gasteiger partial charge in [0.1, 0.15) is 0 Å². The molecule has 0 saturated carbocycles. The van der Waals surface area contributed by atoms with E-state index in [0.29, 0.717) is 13.0 Å². The maximum atomic E-state index is 11.8. The second-order valence-electron chi connectivity index (χ2n) is 4.31. The third-order valence-corrected chi connectivity index (χ3v) is 3.41. The molecular formula is C14H17N3OS. The van der Waals surface area contributed by atoms with Crippen LogP contribution in [-0.4, -0.2) is 21.9 Å². The Morgan fingerprint density at radius 2 is 2.32 bits per heavy atom. The van der Waals surface area contributed by atoms with E-state index in [1.807, 2.05) is 43.6 Å². The molecule has 0 aliphatic rings. The van der Waals surface area contributed by atoms with Crippen LogP contribution in [0.3, 0.4) is 0 Å². The molecule has 0 atom stereocenters. The zero-order valence-electron chi connectivity index (χ0n) is 11.1. The molecule has 0 unspecified atom stereocenters. The fourth-order valence-corrected chi connectivity index (χ4v) is 2.19. The van der Waals surface area contributed by atoms with Gasteiger partial charge in [0.25, 0.3) is 0 Å². The van der Waals surface area contributed by atoms with Gasteiger partial charge in [0.05, 0.1) is 6.20 Å². The molecule has 0 aliphatic heterocycles. The standard InChI is InChI=1S/C14H17N3OS/c1-11-9-15-17(10-11)7-6-14(18)16-12-4-3-5-13(8-12)19-2/h3-5,8-10H,6-7H2,1-2H3,(H,16,18). The number of nitrogens with zero attached hydrogens (tertiary/aromatic N) is 2. The topological polar surface area (TPSA) is 46.9 Å². The van der Waals surface area contributed by atoms with E-state index >= 15 is 0 Å². The van der Waals surface area contributed by atoms with Crippen LogP contribution in [0.2, 0.25) is 0 Å². The Labute approximate surface area is 117 Å². The van der Waals surface area contributed by atoms with Crippen LogP contribution in [0.5, 0.6) is 0 Å². The average molecular weight is 275 g/mol. The molecule has 19 heavy (non-hydrogen) atoms. The van der Waals surface area contributed by atoms with Gasteiger partial charge >= 0.3 is 0 Å². The summed E-state index contributed by atoms with van der Waals surface area (Å²) in [7, 11) is 0. The van der Waals surface area contributed by atoms with Gasteiger partial charge in [-0.1, -0.05) is 6.07 Å². The van der Waals surface area contributed by atoms with E-state index in [1.54, 1.807) is 22.6 Å². The van der Waals surface area contributed by atoms with Gasteiger partial charge in [-0.05, 0) is 36.9 Å². The number of hydrogen-bond donors (Lipinski definition) is 1. The van der Waals surface area contributed by atoms with E-state index in [2.05, 4.69) is 10.4 Å². The Morgan fingerprint density at radius 1 is 1.47 bits per heavy atom. The number of carbonyl (C=O) groups is 1. The van der Waals surface area contributed by atoms with Gasteiger partial charge in [-0.15, -0.1) is 11.8 Å². The van der Waals surface area contributed by atoms with Crippen molar-refractivity contribution in [3.8, 4) is 0 Å². The smallest absolute Gasteiger partial charge is 0.226 e. The molecular weight excluding hydrogens is 258 g/mol. The lowest BCUT2D eigenvalue weighted by molar-refractivity contribution is -0.116. The molecule has 1 aromatic heterocycles. The molecule has 1 amide bonds. The number of anilines is 1. The lowest BCUT2D eigenvalue weighted by Gasteiger charge is -2.06. The van der Waals surface area contributed by atoms with E-state index in [-0.39, 0.29) is 5.91 Å². The van der Waals surface area contributed by atoms with Gasteiger partial charge in [-0.25, -0.2) is 0 Å². The van der Waals surface area contributed by atoms with Crippen LogP contribution in [0.15, 0.2) is 41.6 Å². The van der Waals surface area contributed by atoms with E-state index in [4.69, 9.17) is 0 Å². The number of benzene rings is 1. The Hall–Kier alpha value is -1.75. The normalized spacial score (nSPS) is 10.4. The molecule has 4 nitrogen and oxygen atoms in total. The Bertz CT molecular complexity index is 565. The molecule has 1 heterocycles. The minimum atomic E-state index is 0.00593. The van der Waals surface area contributed by atoms with Crippen molar-refractivity contribution in [2.45, 2.75) is 24.8 Å². The maximum absolute atomic E-state index is 11.8. The van der Waals surface area contributed by atoms with Crippen LogP contribution in [0.1, 0.15) is 12.0 Å². The molecule has 5 heteroatoms. The van der Waals surface area contributed by atoms with Gasteiger partial charge in [-0.3, -0.25) is 9.48 Å². The van der Waals surface area contributed by atoms with Crippen molar-refractivity contribution >= 4 is 23.4 Å². The summed E-state index contributed by atoms with van der Waals surface area (Å²) in [4.78, 5) is 13.0. The average Bonchev–Trinajstić information content (AvgIpc) is 2.82. The van der Waals surface area contributed by atoms with Crippen molar-refractivity contribution in [2.24, 2.45) is 0 Å². The van der Waals surface area contributed by atoms with Crippen LogP contribution in [0.25, 0.3) is 0 Å². The first-order chi connectivity index (χ1) is 9.17. The summed E-state index contributed by atoms with van der Waals surface area (Å²) in [6, 6.07) is 7.83. The predicted octanol–water partition coefficient (Wildman–Crippen LogP) is 2.94. The summed E-state index contributed by atoms with van der Waals surface area (Å²) in [5, 5.41) is 7.06. The molecule has 0 radical (unpaired) electrons. The quantitative estimate of drug-likeness (QED) is 0.853. The molecule has 0 bridgehead atoms. The van der Waals surface area contributed by atoms with Crippen molar-refractivity contribution in [1.82, 2.24) is 9.78 Å². The highest BCUT2D eigenvalue weighted by Gasteiger charge is 2.04. The van der Waals surface area contributed by atoms with Crippen LogP contribution < -0.4 is 5.32 Å². The zero-order valence-corrected chi connectivity index (χ0v) is 11.9. The van der Waals surface area contributed by atoms with Crippen molar-refractivity contribution < 1.29 is 4.79 Å². The first-order valence-corrected chi connectivity index (χ1v) is 7.33. The molecule has 2 aromatic rings. The number of aromatic nitrogens is 2. The van der Waals surface area contributed by atoms with Gasteiger partial charge < -0.3 is 5.32 Å². The lowest BCUT2D eigenvalue weighted by Crippen LogP contribution is -2.14. The molecule has 0 saturated heterocycles. The first kappa shape index (κ1) is 13.7. The summed E-state index contributed by atoms with van der Waals surface area (Å²) in [6.45, 7) is 2.58. The largest absolute Gasteiger partial charge is 0.326 e. The van der Waals surface area contributed by atoms with E-state index in [9.17, 15) is 4.79 Å². The summed E-state index contributed by atoms with van der Waals surface area (Å²) >= 11 is 1.66. The molecule has 0 fully saturated rings. The van der Waals surface area contributed by atoms with Crippen LogP contribution in [0, 0.1) is 6.92 Å². The molecule has 2 rings (SSSR count). The second-order valence-corrected chi connectivity index (χ2v) is 5.19. The number of rotatable bonds is 5. The Kier molecular flexibility index (Phi) is 4.63. The molecule has 0 spiro atoms. The number of nitrogens with one attached hydrogen (secondary N) is 1. The maximum Gasteiger partial charge on any atom is 0.226 e. The summed E-state index contributed by atoms with van der Waals surface area (Å²) in [6.07, 6.45) is 6.16. The highest BCUT2D eigenvalue weighted by Crippen LogP contribution is 2.19. The SMILES string of the molecule is CSc1cccc(NC(=O)CCn2cc(C)cn2)c1. The zero-order chi connectivity index (χ0) is 13.7. The van der Waals surface area contributed by atoms with Crippen LogP contribution >= 0.6 is 11.8 Å². The molecule has 100 valence electrons. The van der Waals surface area contributed by atoms with Gasteiger partial charge in [0.2, 0.25) is 5.91 Å². The number of hydrogen-bond acceptors (Lipinski definition) is 3. The predicted molar refractivity (Wildman–Crippen MR) is 78.4 cm³/mol. The highest BCUT2D eigenvalue weighted by atomic mass is 32.2. The van der Waals surface area contributed by atoms with Crippen LogP contribution in [-0.2, 0) is 11.3 Å². The van der Waals surface area contributed by atoms with Crippen molar-refractivity contribution in [3.05, 3.63) is 42.2 Å². The Balaban J connectivity index is 1.86. The second kappa shape index (κ2) is 6.43. The third-order valence-electron chi connectivity index (χ3n) is 2.68. The molecule has 0 aliphatic carbocycles. The van der Waals surface area contributed by atoms with E-state index in [1.165, 1.54) is 0 Å². The summed E-state index contributed by atoms with van der Waals surface area (Å²) in [5.74, 6) is 0.00593. The van der Waals surface area contributed by atoms with Crippen molar-refractivity contribution in [3.63, 3.8) is 0 Å². The van der Waals surface area contributed by atoms with Crippen LogP contribution in [0.4, 0.5) is 5.69 Å². The lowest BCUT2D eigenvalue weighted by atomic mass is 10.3. The van der Waals surface area contributed by atoms with E-state index < -0.39 is 0 Å². The first-order valence-electron chi connectivity index (χ1n) is 6.10. The Morgan fingerprint density at radius 3 is 3.00 bits per heavy atom. The number of thioether (sulfide) groups is 1. The monoisotopic (exact) mass is 275 g/mol. The van der Waals surface area contributed by atoms with Crippen molar-refractivity contribution in [2.75, 3.05) is 11.6 Å². The van der Waals surface area contributed by atoms with Crippen molar-refractivity contribution in [1.29, 1.82) is 0 Å². The van der Waals surface area contributed by atoms with Gasteiger partial charge in [-0.2, -0.15) is 5.10 Å². The van der Waals surface area contributed by atoms with Gasteiger partial charge in [0, 0.05) is 29.7 Å². The summed E-state index contributed by atoms with van der Waals surface area (Å²) < 4.78 is 1.78. The number of amides is 1.